The van der Waals surface area contributed by atoms with Crippen LogP contribution in [0.15, 0.2) is 42.6 Å². The number of rotatable bonds is 4. The number of halogens is 3. The van der Waals surface area contributed by atoms with Crippen molar-refractivity contribution in [1.29, 1.82) is 0 Å². The van der Waals surface area contributed by atoms with Crippen LogP contribution in [0.3, 0.4) is 0 Å². The standard InChI is InChI=1S/C19H20F3N3O2/c1-27-18(26)15-4-2-3-14(11-15)13-24-7-9-25(10-8-24)17-6-5-16(12-23-17)19(20,21)22/h2-6,11-12H,7-10,13H2,1H3. The molecule has 0 bridgehead atoms. The quantitative estimate of drug-likeness (QED) is 0.764. The maximum atomic E-state index is 12.6. The number of methoxy groups -OCH3 is 1. The van der Waals surface area contributed by atoms with Gasteiger partial charge in [0.25, 0.3) is 0 Å². The highest BCUT2D eigenvalue weighted by molar-refractivity contribution is 5.89. The van der Waals surface area contributed by atoms with Crippen LogP contribution in [-0.2, 0) is 17.5 Å². The van der Waals surface area contributed by atoms with Crippen molar-refractivity contribution < 1.29 is 22.7 Å². The smallest absolute Gasteiger partial charge is 0.417 e. The molecular weight excluding hydrogens is 359 g/mol. The largest absolute Gasteiger partial charge is 0.465 e. The van der Waals surface area contributed by atoms with E-state index in [-0.39, 0.29) is 5.97 Å². The summed E-state index contributed by atoms with van der Waals surface area (Å²) in [5.41, 5.74) is 0.789. The Hall–Kier alpha value is -2.61. The number of anilines is 1. The first-order valence-corrected chi connectivity index (χ1v) is 8.54. The predicted octanol–water partition coefficient (Wildman–Crippen LogP) is 3.21. The van der Waals surface area contributed by atoms with E-state index in [9.17, 15) is 18.0 Å². The molecule has 144 valence electrons. The fourth-order valence-electron chi connectivity index (χ4n) is 3.05. The molecule has 0 unspecified atom stereocenters. The van der Waals surface area contributed by atoms with E-state index in [1.165, 1.54) is 13.2 Å². The summed E-state index contributed by atoms with van der Waals surface area (Å²) >= 11 is 0. The summed E-state index contributed by atoms with van der Waals surface area (Å²) in [6.07, 6.45) is -3.50. The summed E-state index contributed by atoms with van der Waals surface area (Å²) in [4.78, 5) is 19.8. The van der Waals surface area contributed by atoms with Crippen LogP contribution in [0.2, 0.25) is 0 Å². The third-order valence-corrected chi connectivity index (χ3v) is 4.53. The van der Waals surface area contributed by atoms with Gasteiger partial charge in [-0.2, -0.15) is 13.2 Å². The van der Waals surface area contributed by atoms with Crippen molar-refractivity contribution in [3.8, 4) is 0 Å². The highest BCUT2D eigenvalue weighted by Gasteiger charge is 2.31. The van der Waals surface area contributed by atoms with Crippen molar-refractivity contribution in [2.45, 2.75) is 12.7 Å². The predicted molar refractivity (Wildman–Crippen MR) is 94.5 cm³/mol. The summed E-state index contributed by atoms with van der Waals surface area (Å²) in [6.45, 7) is 3.56. The van der Waals surface area contributed by atoms with Gasteiger partial charge in [0.15, 0.2) is 0 Å². The van der Waals surface area contributed by atoms with Crippen molar-refractivity contribution in [3.63, 3.8) is 0 Å². The topological polar surface area (TPSA) is 45.7 Å². The van der Waals surface area contributed by atoms with Gasteiger partial charge >= 0.3 is 12.1 Å². The number of carbonyl (C=O) groups excluding carboxylic acids is 1. The Morgan fingerprint density at radius 1 is 1.15 bits per heavy atom. The molecule has 1 aliphatic rings. The van der Waals surface area contributed by atoms with Gasteiger partial charge in [0, 0.05) is 38.9 Å². The Morgan fingerprint density at radius 3 is 2.48 bits per heavy atom. The molecule has 27 heavy (non-hydrogen) atoms. The number of ether oxygens (including phenoxy) is 1. The number of aromatic nitrogens is 1. The van der Waals surface area contributed by atoms with Gasteiger partial charge in [0.1, 0.15) is 5.82 Å². The van der Waals surface area contributed by atoms with Gasteiger partial charge in [-0.3, -0.25) is 4.90 Å². The van der Waals surface area contributed by atoms with Gasteiger partial charge in [0.2, 0.25) is 0 Å². The van der Waals surface area contributed by atoms with Crippen LogP contribution < -0.4 is 4.90 Å². The van der Waals surface area contributed by atoms with Crippen LogP contribution in [0.25, 0.3) is 0 Å². The minimum Gasteiger partial charge on any atom is -0.465 e. The van der Waals surface area contributed by atoms with Crippen molar-refractivity contribution >= 4 is 11.8 Å². The van der Waals surface area contributed by atoms with Crippen LogP contribution in [0, 0.1) is 0 Å². The van der Waals surface area contributed by atoms with Crippen LogP contribution in [0.5, 0.6) is 0 Å². The molecule has 1 aliphatic heterocycles. The Morgan fingerprint density at radius 2 is 1.89 bits per heavy atom. The lowest BCUT2D eigenvalue weighted by Crippen LogP contribution is -2.46. The van der Waals surface area contributed by atoms with Crippen LogP contribution in [-0.4, -0.2) is 49.1 Å². The normalized spacial score (nSPS) is 15.6. The summed E-state index contributed by atoms with van der Waals surface area (Å²) in [5.74, 6) is 0.186. The summed E-state index contributed by atoms with van der Waals surface area (Å²) < 4.78 is 42.6. The zero-order chi connectivity index (χ0) is 19.4. The zero-order valence-corrected chi connectivity index (χ0v) is 14.9. The van der Waals surface area contributed by atoms with E-state index in [1.54, 1.807) is 6.07 Å². The Kier molecular flexibility index (Phi) is 5.65. The van der Waals surface area contributed by atoms with Gasteiger partial charge in [0.05, 0.1) is 18.2 Å². The van der Waals surface area contributed by atoms with E-state index in [0.717, 1.165) is 30.9 Å². The lowest BCUT2D eigenvalue weighted by Gasteiger charge is -2.35. The van der Waals surface area contributed by atoms with Crippen LogP contribution in [0.4, 0.5) is 19.0 Å². The number of alkyl halides is 3. The molecule has 0 spiro atoms. The second kappa shape index (κ2) is 7.96. The number of piperazine rings is 1. The zero-order valence-electron chi connectivity index (χ0n) is 14.9. The molecule has 1 saturated heterocycles. The molecule has 1 aromatic carbocycles. The van der Waals surface area contributed by atoms with Crippen molar-refractivity contribution in [2.24, 2.45) is 0 Å². The fraction of sp³-hybridized carbons (Fsp3) is 0.368. The first-order valence-electron chi connectivity index (χ1n) is 8.54. The van der Waals surface area contributed by atoms with E-state index in [0.29, 0.717) is 31.0 Å². The van der Waals surface area contributed by atoms with E-state index >= 15 is 0 Å². The minimum atomic E-state index is -4.37. The monoisotopic (exact) mass is 379 g/mol. The van der Waals surface area contributed by atoms with Crippen LogP contribution >= 0.6 is 0 Å². The summed E-state index contributed by atoms with van der Waals surface area (Å²) in [6, 6.07) is 9.78. The lowest BCUT2D eigenvalue weighted by atomic mass is 10.1. The third-order valence-electron chi connectivity index (χ3n) is 4.53. The molecule has 5 nitrogen and oxygen atoms in total. The molecule has 0 amide bonds. The number of esters is 1. The van der Waals surface area contributed by atoms with Crippen molar-refractivity contribution in [2.75, 3.05) is 38.2 Å². The molecule has 0 N–H and O–H groups in total. The van der Waals surface area contributed by atoms with Gasteiger partial charge in [-0.15, -0.1) is 0 Å². The fourth-order valence-corrected chi connectivity index (χ4v) is 3.05. The van der Waals surface area contributed by atoms with Gasteiger partial charge in [-0.1, -0.05) is 12.1 Å². The van der Waals surface area contributed by atoms with Crippen molar-refractivity contribution in [3.05, 3.63) is 59.3 Å². The Labute approximate surface area is 155 Å². The maximum Gasteiger partial charge on any atom is 0.417 e. The first-order chi connectivity index (χ1) is 12.9. The number of benzene rings is 1. The lowest BCUT2D eigenvalue weighted by molar-refractivity contribution is -0.137. The number of hydrogen-bond acceptors (Lipinski definition) is 5. The van der Waals surface area contributed by atoms with Crippen molar-refractivity contribution in [1.82, 2.24) is 9.88 Å². The summed E-state index contributed by atoms with van der Waals surface area (Å²) in [7, 11) is 1.35. The Balaban J connectivity index is 1.57. The van der Waals surface area contributed by atoms with Gasteiger partial charge < -0.3 is 9.64 Å². The Bertz CT molecular complexity index is 786. The molecule has 0 atom stereocenters. The van der Waals surface area contributed by atoms with E-state index in [4.69, 9.17) is 4.74 Å². The molecule has 0 radical (unpaired) electrons. The molecule has 2 aromatic rings. The number of nitrogens with zero attached hydrogens (tertiary/aromatic N) is 3. The number of hydrogen-bond donors (Lipinski definition) is 0. The van der Waals surface area contributed by atoms with Crippen LogP contribution in [0.1, 0.15) is 21.5 Å². The molecule has 2 heterocycles. The molecule has 0 aliphatic carbocycles. The SMILES string of the molecule is COC(=O)c1cccc(CN2CCN(c3ccc(C(F)(F)F)cn3)CC2)c1. The molecule has 1 fully saturated rings. The number of pyridine rings is 1. The molecule has 0 saturated carbocycles. The van der Waals surface area contributed by atoms with E-state index in [2.05, 4.69) is 9.88 Å². The maximum absolute atomic E-state index is 12.6. The second-order valence-corrected chi connectivity index (χ2v) is 6.36. The highest BCUT2D eigenvalue weighted by atomic mass is 19.4. The van der Waals surface area contributed by atoms with E-state index in [1.807, 2.05) is 23.1 Å². The van der Waals surface area contributed by atoms with Gasteiger partial charge in [-0.25, -0.2) is 9.78 Å². The molecule has 1 aromatic heterocycles. The minimum absolute atomic E-state index is 0.366. The molecule has 3 rings (SSSR count). The highest BCUT2D eigenvalue weighted by Crippen LogP contribution is 2.29. The van der Waals surface area contributed by atoms with Gasteiger partial charge in [-0.05, 0) is 29.8 Å². The van der Waals surface area contributed by atoms with E-state index < -0.39 is 11.7 Å². The second-order valence-electron chi connectivity index (χ2n) is 6.36. The first kappa shape index (κ1) is 19.2. The molecule has 8 heteroatoms. The average molecular weight is 379 g/mol. The molecular formula is C19H20F3N3O2. The summed E-state index contributed by atoms with van der Waals surface area (Å²) in [5, 5.41) is 0. The number of carbonyl (C=O) groups is 1. The third kappa shape index (κ3) is 4.77. The average Bonchev–Trinajstić information content (AvgIpc) is 2.67.